The molecule has 9 nitrogen and oxygen atoms in total. The third-order valence-electron chi connectivity index (χ3n) is 7.21. The molecule has 2 aliphatic heterocycles. The van der Waals surface area contributed by atoms with Crippen LogP contribution in [0.2, 0.25) is 5.02 Å². The van der Waals surface area contributed by atoms with E-state index in [4.69, 9.17) is 21.1 Å². The largest absolute Gasteiger partial charge is 0.481 e. The van der Waals surface area contributed by atoms with Gasteiger partial charge in [0, 0.05) is 48.8 Å². The number of likely N-dealkylation sites (tertiary alicyclic amines) is 1. The molecule has 1 N–H and O–H groups in total. The zero-order chi connectivity index (χ0) is 27.4. The Labute approximate surface area is 231 Å². The van der Waals surface area contributed by atoms with E-state index in [0.717, 1.165) is 24.6 Å². The molecular formula is C28H31ClFN5O4. The smallest absolute Gasteiger partial charge is 0.274 e. The fourth-order valence-electron chi connectivity index (χ4n) is 5.05. The number of hydrogen-bond acceptors (Lipinski definition) is 6. The zero-order valence-electron chi connectivity index (χ0n) is 21.7. The van der Waals surface area contributed by atoms with Crippen LogP contribution in [0.4, 0.5) is 4.39 Å². The van der Waals surface area contributed by atoms with Crippen LogP contribution in [0.3, 0.4) is 0 Å². The summed E-state index contributed by atoms with van der Waals surface area (Å²) < 4.78 is 27.6. The van der Waals surface area contributed by atoms with Gasteiger partial charge in [-0.3, -0.25) is 9.59 Å². The molecule has 0 bridgehead atoms. The number of hydrogen-bond donors (Lipinski definition) is 1. The second-order valence-electron chi connectivity index (χ2n) is 9.80. The normalized spacial score (nSPS) is 18.1. The molecule has 2 aliphatic rings. The van der Waals surface area contributed by atoms with E-state index in [0.29, 0.717) is 56.2 Å². The highest BCUT2D eigenvalue weighted by Gasteiger charge is 2.31. The molecule has 1 unspecified atom stereocenters. The van der Waals surface area contributed by atoms with Gasteiger partial charge in [0.15, 0.2) is 17.7 Å². The van der Waals surface area contributed by atoms with Crippen molar-refractivity contribution in [2.75, 3.05) is 26.8 Å². The van der Waals surface area contributed by atoms with Crippen LogP contribution < -0.4 is 10.1 Å². The molecule has 0 radical (unpaired) electrons. The van der Waals surface area contributed by atoms with E-state index >= 15 is 0 Å². The third kappa shape index (κ3) is 6.23. The molecule has 11 heteroatoms. The fourth-order valence-corrected chi connectivity index (χ4v) is 5.26. The molecule has 2 saturated heterocycles. The summed E-state index contributed by atoms with van der Waals surface area (Å²) in [7, 11) is 1.46. The maximum atomic E-state index is 14.9. The van der Waals surface area contributed by atoms with E-state index in [-0.39, 0.29) is 34.9 Å². The van der Waals surface area contributed by atoms with Gasteiger partial charge in [-0.2, -0.15) is 5.10 Å². The first-order valence-corrected chi connectivity index (χ1v) is 13.5. The van der Waals surface area contributed by atoms with Crippen LogP contribution >= 0.6 is 11.6 Å². The standard InChI is InChI=1S/C28H31ClFN5O4/c1-38-25-14-21(22(30)17-31-25)24-15-23(33-35(24)26-7-2-3-12-39-26)28(37)34-10-8-19(9-11-34)27(36)32-16-18-5-4-6-20(29)13-18/h4-6,13-15,17,19,26H,2-3,7-12,16H2,1H3,(H,32,36). The van der Waals surface area contributed by atoms with Gasteiger partial charge in [-0.1, -0.05) is 23.7 Å². The van der Waals surface area contributed by atoms with Crippen molar-refractivity contribution in [3.8, 4) is 17.1 Å². The van der Waals surface area contributed by atoms with E-state index in [1.807, 2.05) is 18.2 Å². The molecule has 3 aromatic rings. The van der Waals surface area contributed by atoms with Crippen LogP contribution in [0.25, 0.3) is 11.3 Å². The summed E-state index contributed by atoms with van der Waals surface area (Å²) in [5.41, 5.74) is 1.80. The number of carbonyl (C=O) groups is 2. The fraction of sp³-hybridized carbons (Fsp3) is 0.429. The van der Waals surface area contributed by atoms with Crippen LogP contribution in [0.5, 0.6) is 5.88 Å². The highest BCUT2D eigenvalue weighted by atomic mass is 35.5. The maximum Gasteiger partial charge on any atom is 0.274 e. The predicted molar refractivity (Wildman–Crippen MR) is 143 cm³/mol. The minimum absolute atomic E-state index is 0.0369. The van der Waals surface area contributed by atoms with Crippen LogP contribution in [-0.4, -0.2) is 58.3 Å². The number of benzene rings is 1. The Morgan fingerprint density at radius 3 is 2.72 bits per heavy atom. The lowest BCUT2D eigenvalue weighted by Gasteiger charge is -2.31. The first-order chi connectivity index (χ1) is 18.9. The molecular weight excluding hydrogens is 525 g/mol. The van der Waals surface area contributed by atoms with Crippen molar-refractivity contribution >= 4 is 23.4 Å². The number of amides is 2. The second-order valence-corrected chi connectivity index (χ2v) is 10.2. The van der Waals surface area contributed by atoms with Crippen LogP contribution in [0.15, 0.2) is 42.6 Å². The Morgan fingerprint density at radius 1 is 1.18 bits per heavy atom. The highest BCUT2D eigenvalue weighted by molar-refractivity contribution is 6.30. The maximum absolute atomic E-state index is 14.9. The van der Waals surface area contributed by atoms with Crippen molar-refractivity contribution in [2.24, 2.45) is 5.92 Å². The van der Waals surface area contributed by atoms with E-state index in [9.17, 15) is 14.0 Å². The van der Waals surface area contributed by atoms with Gasteiger partial charge in [0.2, 0.25) is 11.8 Å². The van der Waals surface area contributed by atoms with Gasteiger partial charge in [-0.05, 0) is 55.9 Å². The van der Waals surface area contributed by atoms with Crippen molar-refractivity contribution in [3.05, 3.63) is 64.7 Å². The number of pyridine rings is 1. The lowest BCUT2D eigenvalue weighted by molar-refractivity contribution is -0.126. The number of piperidine rings is 1. The Morgan fingerprint density at radius 2 is 2.00 bits per heavy atom. The van der Waals surface area contributed by atoms with E-state index in [1.165, 1.54) is 13.2 Å². The molecule has 206 valence electrons. The molecule has 4 heterocycles. The monoisotopic (exact) mass is 555 g/mol. The van der Waals surface area contributed by atoms with Crippen LogP contribution in [-0.2, 0) is 16.1 Å². The molecule has 1 aromatic carbocycles. The average molecular weight is 556 g/mol. The van der Waals surface area contributed by atoms with Gasteiger partial charge in [-0.25, -0.2) is 14.1 Å². The Bertz CT molecular complexity index is 1340. The number of aromatic nitrogens is 3. The molecule has 39 heavy (non-hydrogen) atoms. The number of rotatable bonds is 7. The van der Waals surface area contributed by atoms with Gasteiger partial charge in [0.05, 0.1) is 19.0 Å². The van der Waals surface area contributed by atoms with Gasteiger partial charge in [-0.15, -0.1) is 0 Å². The molecule has 1 atom stereocenters. The van der Waals surface area contributed by atoms with Gasteiger partial charge < -0.3 is 19.7 Å². The second kappa shape index (κ2) is 12.1. The van der Waals surface area contributed by atoms with Crippen molar-refractivity contribution in [1.29, 1.82) is 0 Å². The molecule has 0 spiro atoms. The number of nitrogens with one attached hydrogen (secondary N) is 1. The van der Waals surface area contributed by atoms with E-state index < -0.39 is 12.0 Å². The molecule has 2 fully saturated rings. The van der Waals surface area contributed by atoms with Crippen LogP contribution in [0.1, 0.15) is 54.4 Å². The molecule has 2 aromatic heterocycles. The highest BCUT2D eigenvalue weighted by Crippen LogP contribution is 2.32. The predicted octanol–water partition coefficient (Wildman–Crippen LogP) is 4.61. The molecule has 2 amide bonds. The lowest BCUT2D eigenvalue weighted by Crippen LogP contribution is -2.43. The SMILES string of the molecule is COc1cc(-c2cc(C(=O)N3CCC(C(=O)NCc4cccc(Cl)c4)CC3)nn2C2CCCCO2)c(F)cn1. The lowest BCUT2D eigenvalue weighted by atomic mass is 9.95. The van der Waals surface area contributed by atoms with Gasteiger partial charge in [0.1, 0.15) is 0 Å². The number of nitrogens with zero attached hydrogens (tertiary/aromatic N) is 4. The van der Waals surface area contributed by atoms with Gasteiger partial charge >= 0.3 is 0 Å². The third-order valence-corrected chi connectivity index (χ3v) is 7.44. The number of halogens is 2. The minimum atomic E-state index is -0.545. The first kappa shape index (κ1) is 27.1. The Kier molecular flexibility index (Phi) is 8.42. The quantitative estimate of drug-likeness (QED) is 0.457. The van der Waals surface area contributed by atoms with E-state index in [1.54, 1.807) is 21.7 Å². The molecule has 5 rings (SSSR count). The van der Waals surface area contributed by atoms with Gasteiger partial charge in [0.25, 0.3) is 5.91 Å². The summed E-state index contributed by atoms with van der Waals surface area (Å²) >= 11 is 6.03. The number of methoxy groups -OCH3 is 1. The summed E-state index contributed by atoms with van der Waals surface area (Å²) in [6.45, 7) is 1.82. The molecule has 0 saturated carbocycles. The summed E-state index contributed by atoms with van der Waals surface area (Å²) in [4.78, 5) is 31.8. The zero-order valence-corrected chi connectivity index (χ0v) is 22.5. The number of ether oxygens (including phenoxy) is 2. The number of carbonyl (C=O) groups excluding carboxylic acids is 2. The Balaban J connectivity index is 1.28. The Hall–Kier alpha value is -3.50. The molecule has 0 aliphatic carbocycles. The average Bonchev–Trinajstić information content (AvgIpc) is 3.42. The van der Waals surface area contributed by atoms with Crippen molar-refractivity contribution < 1.29 is 23.5 Å². The summed E-state index contributed by atoms with van der Waals surface area (Å²) in [6.07, 6.45) is 4.38. The van der Waals surface area contributed by atoms with Crippen molar-refractivity contribution in [1.82, 2.24) is 25.0 Å². The summed E-state index contributed by atoms with van der Waals surface area (Å²) in [5, 5.41) is 8.18. The summed E-state index contributed by atoms with van der Waals surface area (Å²) in [6, 6.07) is 10.5. The topological polar surface area (TPSA) is 98.6 Å². The van der Waals surface area contributed by atoms with Crippen molar-refractivity contribution in [3.63, 3.8) is 0 Å². The minimum Gasteiger partial charge on any atom is -0.481 e. The van der Waals surface area contributed by atoms with Crippen molar-refractivity contribution in [2.45, 2.75) is 44.9 Å². The van der Waals surface area contributed by atoms with Crippen LogP contribution in [0, 0.1) is 11.7 Å². The van der Waals surface area contributed by atoms with E-state index in [2.05, 4.69) is 15.4 Å². The summed E-state index contributed by atoms with van der Waals surface area (Å²) in [5.74, 6) is -0.769. The first-order valence-electron chi connectivity index (χ1n) is 13.2.